The summed E-state index contributed by atoms with van der Waals surface area (Å²) in [5.74, 6) is -1.30. The summed E-state index contributed by atoms with van der Waals surface area (Å²) in [6.07, 6.45) is 6.53. The number of alkyl carbamates (subject to hydrolysis) is 1. The smallest absolute Gasteiger partial charge is 0.408 e. The molecule has 0 aliphatic rings. The Balaban J connectivity index is 3.47. The van der Waals surface area contributed by atoms with Crippen molar-refractivity contribution in [1.82, 2.24) is 15.5 Å². The molecule has 9 heteroatoms. The van der Waals surface area contributed by atoms with Crippen molar-refractivity contribution < 1.29 is 23.9 Å². The van der Waals surface area contributed by atoms with Gasteiger partial charge in [0.15, 0.2) is 0 Å². The third-order valence-electron chi connectivity index (χ3n) is 6.55. The summed E-state index contributed by atoms with van der Waals surface area (Å²) >= 11 is 0. The molecule has 0 fully saturated rings. The van der Waals surface area contributed by atoms with Gasteiger partial charge in [-0.05, 0) is 57.6 Å². The highest BCUT2D eigenvalue weighted by molar-refractivity contribution is 5.92. The highest BCUT2D eigenvalue weighted by Gasteiger charge is 2.36. The lowest BCUT2D eigenvalue weighted by Gasteiger charge is -2.34. The summed E-state index contributed by atoms with van der Waals surface area (Å²) in [7, 11) is 0. The number of unbranched alkanes of at least 4 members (excludes halogenated alkanes) is 5. The Kier molecular flexibility index (Phi) is 16.0. The van der Waals surface area contributed by atoms with Crippen LogP contribution in [0.1, 0.15) is 116 Å². The van der Waals surface area contributed by atoms with E-state index in [1.807, 2.05) is 31.2 Å². The Morgan fingerprint density at radius 1 is 0.925 bits per heavy atom. The molecule has 2 unspecified atom stereocenters. The van der Waals surface area contributed by atoms with Crippen LogP contribution >= 0.6 is 0 Å². The van der Waals surface area contributed by atoms with E-state index < -0.39 is 35.6 Å². The maximum absolute atomic E-state index is 14.2. The predicted molar refractivity (Wildman–Crippen MR) is 159 cm³/mol. The largest absolute Gasteiger partial charge is 0.444 e. The number of amides is 4. The minimum atomic E-state index is -1.08. The third-order valence-corrected chi connectivity index (χ3v) is 6.55. The van der Waals surface area contributed by atoms with Crippen LogP contribution in [0, 0.1) is 0 Å². The Bertz CT molecular complexity index is 927. The van der Waals surface area contributed by atoms with Crippen molar-refractivity contribution >= 4 is 23.8 Å². The van der Waals surface area contributed by atoms with E-state index in [0.29, 0.717) is 25.1 Å². The van der Waals surface area contributed by atoms with Crippen molar-refractivity contribution in [3.05, 3.63) is 35.4 Å². The second-order valence-corrected chi connectivity index (χ2v) is 11.3. The van der Waals surface area contributed by atoms with Crippen molar-refractivity contribution in [2.24, 2.45) is 5.73 Å². The summed E-state index contributed by atoms with van der Waals surface area (Å²) in [5.41, 5.74) is 6.44. The molecular weight excluding hydrogens is 508 g/mol. The summed E-state index contributed by atoms with van der Waals surface area (Å²) in [5, 5.41) is 5.64. The maximum atomic E-state index is 14.2. The molecule has 226 valence electrons. The SMILES string of the molecule is CCCCCCCN(C(=O)C(CCC(N)=O)NC(=O)OC(C)(C)C)C(C(=O)NCCCC)c1ccc(CC)cc1. The van der Waals surface area contributed by atoms with E-state index in [0.717, 1.165) is 50.5 Å². The van der Waals surface area contributed by atoms with Crippen molar-refractivity contribution in [2.75, 3.05) is 13.1 Å². The van der Waals surface area contributed by atoms with Gasteiger partial charge in [0.25, 0.3) is 0 Å². The second-order valence-electron chi connectivity index (χ2n) is 11.3. The fraction of sp³-hybridized carbons (Fsp3) is 0.677. The van der Waals surface area contributed by atoms with E-state index >= 15 is 0 Å². The van der Waals surface area contributed by atoms with Crippen LogP contribution in [-0.2, 0) is 25.5 Å². The first-order valence-corrected chi connectivity index (χ1v) is 14.9. The minimum absolute atomic E-state index is 0.00130. The van der Waals surface area contributed by atoms with Crippen LogP contribution in [0.25, 0.3) is 0 Å². The van der Waals surface area contributed by atoms with E-state index in [9.17, 15) is 19.2 Å². The number of nitrogens with zero attached hydrogens (tertiary/aromatic N) is 1. The van der Waals surface area contributed by atoms with Gasteiger partial charge in [0.1, 0.15) is 17.7 Å². The molecule has 0 heterocycles. The van der Waals surface area contributed by atoms with Gasteiger partial charge >= 0.3 is 6.09 Å². The van der Waals surface area contributed by atoms with E-state index in [2.05, 4.69) is 24.5 Å². The van der Waals surface area contributed by atoms with Gasteiger partial charge in [0.05, 0.1) is 0 Å². The molecule has 4 amide bonds. The Morgan fingerprint density at radius 3 is 2.10 bits per heavy atom. The minimum Gasteiger partial charge on any atom is -0.444 e. The molecule has 1 aromatic carbocycles. The molecule has 0 aromatic heterocycles. The number of nitrogens with one attached hydrogen (secondary N) is 2. The van der Waals surface area contributed by atoms with Crippen LogP contribution in [0.3, 0.4) is 0 Å². The van der Waals surface area contributed by atoms with Crippen molar-refractivity contribution in [1.29, 1.82) is 0 Å². The van der Waals surface area contributed by atoms with Gasteiger partial charge in [0, 0.05) is 19.5 Å². The normalized spacial score (nSPS) is 12.8. The van der Waals surface area contributed by atoms with Crippen molar-refractivity contribution in [3.63, 3.8) is 0 Å². The standard InChI is InChI=1S/C31H52N4O5/c1-7-10-12-13-14-22-35(29(38)25(19-20-26(32)36)34-30(39)40-31(4,5)6)27(28(37)33-21-11-8-2)24-17-15-23(9-3)16-18-24/h15-18,25,27H,7-14,19-22H2,1-6H3,(H2,32,36)(H,33,37)(H,34,39). The summed E-state index contributed by atoms with van der Waals surface area (Å²) in [6.45, 7) is 12.3. The zero-order chi connectivity index (χ0) is 30.1. The van der Waals surface area contributed by atoms with Crippen LogP contribution in [0.15, 0.2) is 24.3 Å². The fourth-order valence-corrected chi connectivity index (χ4v) is 4.34. The van der Waals surface area contributed by atoms with Gasteiger partial charge in [-0.25, -0.2) is 4.79 Å². The molecule has 1 rings (SSSR count). The lowest BCUT2D eigenvalue weighted by atomic mass is 9.99. The maximum Gasteiger partial charge on any atom is 0.408 e. The topological polar surface area (TPSA) is 131 Å². The van der Waals surface area contributed by atoms with Gasteiger partial charge in [-0.15, -0.1) is 0 Å². The quantitative estimate of drug-likeness (QED) is 0.213. The number of primary amides is 1. The molecule has 4 N–H and O–H groups in total. The molecule has 0 spiro atoms. The lowest BCUT2D eigenvalue weighted by Crippen LogP contribution is -2.53. The number of rotatable bonds is 18. The molecule has 40 heavy (non-hydrogen) atoms. The Labute approximate surface area is 241 Å². The van der Waals surface area contributed by atoms with Crippen molar-refractivity contribution in [3.8, 4) is 0 Å². The lowest BCUT2D eigenvalue weighted by molar-refractivity contribution is -0.142. The molecule has 0 bridgehead atoms. The highest BCUT2D eigenvalue weighted by atomic mass is 16.6. The molecule has 2 atom stereocenters. The summed E-state index contributed by atoms with van der Waals surface area (Å²) in [4.78, 5) is 53.7. The monoisotopic (exact) mass is 560 g/mol. The first kappa shape index (κ1) is 34.9. The predicted octanol–water partition coefficient (Wildman–Crippen LogP) is 5.16. The van der Waals surface area contributed by atoms with Gasteiger partial charge in [-0.1, -0.05) is 77.1 Å². The van der Waals surface area contributed by atoms with E-state index in [1.54, 1.807) is 25.7 Å². The first-order chi connectivity index (χ1) is 18.9. The number of carbonyl (C=O) groups is 4. The second kappa shape index (κ2) is 18.3. The number of nitrogens with two attached hydrogens (primary N) is 1. The zero-order valence-electron chi connectivity index (χ0n) is 25.5. The first-order valence-electron chi connectivity index (χ1n) is 14.9. The van der Waals surface area contributed by atoms with Gasteiger partial charge in [-0.2, -0.15) is 0 Å². The van der Waals surface area contributed by atoms with Gasteiger partial charge < -0.3 is 26.0 Å². The average molecular weight is 561 g/mol. The number of ether oxygens (including phenoxy) is 1. The Hall–Kier alpha value is -3.10. The third kappa shape index (κ3) is 13.3. The van der Waals surface area contributed by atoms with Gasteiger partial charge in [-0.3, -0.25) is 14.4 Å². The average Bonchev–Trinajstić information content (AvgIpc) is 2.89. The number of aryl methyl sites for hydroxylation is 1. The summed E-state index contributed by atoms with van der Waals surface area (Å²) in [6, 6.07) is 5.74. The van der Waals surface area contributed by atoms with Crippen LogP contribution in [0.2, 0.25) is 0 Å². The molecule has 0 saturated carbocycles. The summed E-state index contributed by atoms with van der Waals surface area (Å²) < 4.78 is 5.40. The highest BCUT2D eigenvalue weighted by Crippen LogP contribution is 2.25. The molecule has 1 aromatic rings. The molecular formula is C31H52N4O5. The van der Waals surface area contributed by atoms with Crippen molar-refractivity contribution in [2.45, 2.75) is 123 Å². The van der Waals surface area contributed by atoms with Crippen LogP contribution in [0.5, 0.6) is 0 Å². The molecule has 0 radical (unpaired) electrons. The molecule has 0 aliphatic heterocycles. The van der Waals surface area contributed by atoms with E-state index in [-0.39, 0.29) is 18.7 Å². The Morgan fingerprint density at radius 2 is 1.55 bits per heavy atom. The molecule has 0 saturated heterocycles. The molecule has 0 aliphatic carbocycles. The van der Waals surface area contributed by atoms with Crippen LogP contribution < -0.4 is 16.4 Å². The van der Waals surface area contributed by atoms with E-state index in [1.165, 1.54) is 0 Å². The van der Waals surface area contributed by atoms with Crippen LogP contribution in [-0.4, -0.2) is 53.4 Å². The number of hydrogen-bond acceptors (Lipinski definition) is 5. The van der Waals surface area contributed by atoms with Gasteiger partial charge in [0.2, 0.25) is 17.7 Å². The van der Waals surface area contributed by atoms with Crippen LogP contribution in [0.4, 0.5) is 4.79 Å². The fourth-order valence-electron chi connectivity index (χ4n) is 4.34. The number of hydrogen-bond donors (Lipinski definition) is 3. The van der Waals surface area contributed by atoms with E-state index in [4.69, 9.17) is 10.5 Å². The number of carbonyl (C=O) groups excluding carboxylic acids is 4. The molecule has 9 nitrogen and oxygen atoms in total. The number of benzene rings is 1. The zero-order valence-corrected chi connectivity index (χ0v) is 25.5.